The zero-order chi connectivity index (χ0) is 13.0. The number of ether oxygens (including phenoxy) is 2. The summed E-state index contributed by atoms with van der Waals surface area (Å²) in [6.45, 7) is 2.08. The van der Waals surface area contributed by atoms with Crippen molar-refractivity contribution in [1.29, 1.82) is 0 Å². The van der Waals surface area contributed by atoms with E-state index in [9.17, 15) is 0 Å². The number of benzene rings is 1. The molecule has 0 bridgehead atoms. The van der Waals surface area contributed by atoms with E-state index >= 15 is 0 Å². The highest BCUT2D eigenvalue weighted by molar-refractivity contribution is 5.13. The Morgan fingerprint density at radius 1 is 1.11 bits per heavy atom. The van der Waals surface area contributed by atoms with Gasteiger partial charge in [0.25, 0.3) is 0 Å². The fourth-order valence-electron chi connectivity index (χ4n) is 2.78. The fourth-order valence-corrected chi connectivity index (χ4v) is 2.78. The molecule has 4 nitrogen and oxygen atoms in total. The second kappa shape index (κ2) is 6.01. The number of nitrogens with one attached hydrogen (secondary N) is 1. The van der Waals surface area contributed by atoms with Crippen molar-refractivity contribution in [3.63, 3.8) is 0 Å². The molecule has 1 aromatic rings. The molecule has 3 rings (SSSR count). The van der Waals surface area contributed by atoms with Crippen LogP contribution in [0.25, 0.3) is 0 Å². The van der Waals surface area contributed by atoms with E-state index in [-0.39, 0.29) is 5.79 Å². The van der Waals surface area contributed by atoms with Crippen molar-refractivity contribution in [2.75, 3.05) is 13.2 Å². The predicted molar refractivity (Wildman–Crippen MR) is 71.3 cm³/mol. The smallest absolute Gasteiger partial charge is 0.168 e. The van der Waals surface area contributed by atoms with Gasteiger partial charge in [-0.05, 0) is 18.4 Å². The zero-order valence-corrected chi connectivity index (χ0v) is 11.1. The van der Waals surface area contributed by atoms with E-state index in [1.807, 2.05) is 18.2 Å². The summed E-state index contributed by atoms with van der Waals surface area (Å²) in [6, 6.07) is 10.6. The lowest BCUT2D eigenvalue weighted by molar-refractivity contribution is -0.184. The first-order valence-corrected chi connectivity index (χ1v) is 7.05. The van der Waals surface area contributed by atoms with E-state index in [1.165, 1.54) is 5.56 Å². The van der Waals surface area contributed by atoms with E-state index in [0.717, 1.165) is 38.9 Å². The summed E-state index contributed by atoms with van der Waals surface area (Å²) < 4.78 is 11.4. The summed E-state index contributed by atoms with van der Waals surface area (Å²) in [5.41, 5.74) is 4.35. The van der Waals surface area contributed by atoms with E-state index in [1.54, 1.807) is 0 Å². The molecule has 1 heterocycles. The molecule has 0 atom stereocenters. The van der Waals surface area contributed by atoms with Gasteiger partial charge in [0.05, 0.1) is 19.8 Å². The van der Waals surface area contributed by atoms with E-state index in [2.05, 4.69) is 17.6 Å². The second-order valence-corrected chi connectivity index (χ2v) is 5.27. The normalized spacial score (nSPS) is 22.9. The molecule has 1 aliphatic carbocycles. The predicted octanol–water partition coefficient (Wildman–Crippen LogP) is 2.39. The highest BCUT2D eigenvalue weighted by Gasteiger charge is 2.40. The van der Waals surface area contributed by atoms with Gasteiger partial charge in [0.15, 0.2) is 5.79 Å². The van der Waals surface area contributed by atoms with Crippen LogP contribution in [-0.2, 0) is 20.9 Å². The van der Waals surface area contributed by atoms with Crippen LogP contribution in [0.15, 0.2) is 30.3 Å². The van der Waals surface area contributed by atoms with Crippen LogP contribution in [0.1, 0.15) is 31.2 Å². The van der Waals surface area contributed by atoms with Crippen LogP contribution in [-0.4, -0.2) is 25.0 Å². The summed E-state index contributed by atoms with van der Waals surface area (Å²) >= 11 is 0. The Labute approximate surface area is 114 Å². The molecule has 1 saturated heterocycles. The largest absolute Gasteiger partial charge is 0.348 e. The lowest BCUT2D eigenvalue weighted by Gasteiger charge is -2.35. The highest BCUT2D eigenvalue weighted by Crippen LogP contribution is 2.35. The van der Waals surface area contributed by atoms with Crippen LogP contribution < -0.4 is 5.48 Å². The summed E-state index contributed by atoms with van der Waals surface area (Å²) in [4.78, 5) is 5.58. The van der Waals surface area contributed by atoms with E-state index in [0.29, 0.717) is 12.6 Å². The van der Waals surface area contributed by atoms with Crippen LogP contribution >= 0.6 is 0 Å². The molecule has 2 aliphatic rings. The summed E-state index contributed by atoms with van der Waals surface area (Å²) in [5.74, 6) is -0.280. The standard InChI is InChI=1S/C15H21NO3/c1-2-4-13(5-3-1)12-19-16-14-6-8-15(9-7-14)17-10-11-18-15/h1-5,14,16H,6-12H2. The molecule has 0 radical (unpaired) electrons. The second-order valence-electron chi connectivity index (χ2n) is 5.27. The zero-order valence-electron chi connectivity index (χ0n) is 11.1. The number of rotatable bonds is 4. The van der Waals surface area contributed by atoms with Crippen LogP contribution in [0, 0.1) is 0 Å². The highest BCUT2D eigenvalue weighted by atomic mass is 16.7. The Hall–Kier alpha value is -0.940. The monoisotopic (exact) mass is 263 g/mol. The lowest BCUT2D eigenvalue weighted by Crippen LogP contribution is -2.41. The minimum Gasteiger partial charge on any atom is -0.348 e. The van der Waals surface area contributed by atoms with Gasteiger partial charge in [-0.2, -0.15) is 5.48 Å². The van der Waals surface area contributed by atoms with Crippen molar-refractivity contribution in [2.24, 2.45) is 0 Å². The van der Waals surface area contributed by atoms with Gasteiger partial charge in [0.1, 0.15) is 0 Å². The van der Waals surface area contributed by atoms with Crippen molar-refractivity contribution >= 4 is 0 Å². The van der Waals surface area contributed by atoms with Crippen molar-refractivity contribution in [1.82, 2.24) is 5.48 Å². The summed E-state index contributed by atoms with van der Waals surface area (Å²) in [7, 11) is 0. The topological polar surface area (TPSA) is 39.7 Å². The molecular formula is C15H21NO3. The molecule has 1 spiro atoms. The van der Waals surface area contributed by atoms with Crippen LogP contribution in [0.4, 0.5) is 0 Å². The molecule has 19 heavy (non-hydrogen) atoms. The quantitative estimate of drug-likeness (QED) is 0.847. The SMILES string of the molecule is c1ccc(CONC2CCC3(CC2)OCCO3)cc1. The summed E-state index contributed by atoms with van der Waals surface area (Å²) in [6.07, 6.45) is 3.99. The molecular weight excluding hydrogens is 242 g/mol. The van der Waals surface area contributed by atoms with Gasteiger partial charge >= 0.3 is 0 Å². The minimum absolute atomic E-state index is 0.280. The maximum atomic E-state index is 5.71. The maximum Gasteiger partial charge on any atom is 0.168 e. The first-order valence-electron chi connectivity index (χ1n) is 7.05. The fraction of sp³-hybridized carbons (Fsp3) is 0.600. The molecule has 1 saturated carbocycles. The van der Waals surface area contributed by atoms with E-state index < -0.39 is 0 Å². The van der Waals surface area contributed by atoms with Crippen molar-refractivity contribution in [3.8, 4) is 0 Å². The molecule has 0 amide bonds. The molecule has 1 aromatic carbocycles. The average molecular weight is 263 g/mol. The van der Waals surface area contributed by atoms with Crippen LogP contribution in [0.5, 0.6) is 0 Å². The van der Waals surface area contributed by atoms with Crippen LogP contribution in [0.3, 0.4) is 0 Å². The van der Waals surface area contributed by atoms with Crippen LogP contribution in [0.2, 0.25) is 0 Å². The first kappa shape index (κ1) is 13.1. The Morgan fingerprint density at radius 3 is 2.47 bits per heavy atom. The van der Waals surface area contributed by atoms with Crippen molar-refractivity contribution < 1.29 is 14.3 Å². The number of hydrogen-bond donors (Lipinski definition) is 1. The molecule has 0 aromatic heterocycles. The molecule has 1 aliphatic heterocycles. The van der Waals surface area contributed by atoms with Gasteiger partial charge in [0, 0.05) is 18.9 Å². The molecule has 0 unspecified atom stereocenters. The van der Waals surface area contributed by atoms with Gasteiger partial charge < -0.3 is 9.47 Å². The van der Waals surface area contributed by atoms with Gasteiger partial charge in [-0.3, -0.25) is 4.84 Å². The first-order chi connectivity index (χ1) is 9.36. The molecule has 2 fully saturated rings. The molecule has 1 N–H and O–H groups in total. The van der Waals surface area contributed by atoms with Crippen molar-refractivity contribution in [3.05, 3.63) is 35.9 Å². The molecule has 104 valence electrons. The Morgan fingerprint density at radius 2 is 1.79 bits per heavy atom. The third kappa shape index (κ3) is 3.34. The van der Waals surface area contributed by atoms with Gasteiger partial charge in [-0.1, -0.05) is 30.3 Å². The third-order valence-corrected chi connectivity index (χ3v) is 3.89. The number of hydrogen-bond acceptors (Lipinski definition) is 4. The Kier molecular flexibility index (Phi) is 4.13. The summed E-state index contributed by atoms with van der Waals surface area (Å²) in [5, 5.41) is 0. The minimum atomic E-state index is -0.280. The number of hydroxylamine groups is 1. The average Bonchev–Trinajstić information content (AvgIpc) is 2.91. The third-order valence-electron chi connectivity index (χ3n) is 3.89. The Balaban J connectivity index is 1.38. The van der Waals surface area contributed by atoms with Crippen molar-refractivity contribution in [2.45, 2.75) is 44.1 Å². The maximum absolute atomic E-state index is 5.71. The lowest BCUT2D eigenvalue weighted by atomic mass is 9.90. The molecule has 4 heteroatoms. The van der Waals surface area contributed by atoms with Gasteiger partial charge in [-0.15, -0.1) is 0 Å². The van der Waals surface area contributed by atoms with Gasteiger partial charge in [0.2, 0.25) is 0 Å². The Bertz CT molecular complexity index is 380. The van der Waals surface area contributed by atoms with Gasteiger partial charge in [-0.25, -0.2) is 0 Å². The van der Waals surface area contributed by atoms with E-state index in [4.69, 9.17) is 14.3 Å².